The van der Waals surface area contributed by atoms with Crippen LogP contribution < -0.4 is 9.47 Å². The normalized spacial score (nSPS) is 10.8. The summed E-state index contributed by atoms with van der Waals surface area (Å²) < 4.78 is 12.9. The summed E-state index contributed by atoms with van der Waals surface area (Å²) >= 11 is 0. The van der Waals surface area contributed by atoms with E-state index in [2.05, 4.69) is 29.8 Å². The number of hydrogen-bond acceptors (Lipinski definition) is 2. The molecule has 3 nitrogen and oxygen atoms in total. The predicted octanol–water partition coefficient (Wildman–Crippen LogP) is 3.46. The van der Waals surface area contributed by atoms with Crippen LogP contribution in [-0.4, -0.2) is 18.8 Å². The van der Waals surface area contributed by atoms with Crippen molar-refractivity contribution in [2.75, 3.05) is 14.2 Å². The first-order valence-electron chi connectivity index (χ1n) is 6.01. The number of unbranched alkanes of at least 4 members (excludes halogenated alkanes) is 1. The van der Waals surface area contributed by atoms with E-state index in [1.807, 2.05) is 6.07 Å². The summed E-state index contributed by atoms with van der Waals surface area (Å²) in [5, 5.41) is 1.14. The van der Waals surface area contributed by atoms with Crippen molar-refractivity contribution in [1.82, 2.24) is 4.57 Å². The van der Waals surface area contributed by atoms with Crippen LogP contribution >= 0.6 is 0 Å². The molecule has 0 bridgehead atoms. The van der Waals surface area contributed by atoms with Crippen molar-refractivity contribution in [3.63, 3.8) is 0 Å². The number of nitrogens with zero attached hydrogens (tertiary/aromatic N) is 1. The second-order valence-electron chi connectivity index (χ2n) is 4.13. The Morgan fingerprint density at radius 3 is 2.65 bits per heavy atom. The predicted molar refractivity (Wildman–Crippen MR) is 70.0 cm³/mol. The van der Waals surface area contributed by atoms with Gasteiger partial charge in [0.15, 0.2) is 0 Å². The monoisotopic (exact) mass is 233 g/mol. The van der Waals surface area contributed by atoms with E-state index in [1.54, 1.807) is 14.2 Å². The van der Waals surface area contributed by atoms with Crippen molar-refractivity contribution in [3.05, 3.63) is 24.4 Å². The first kappa shape index (κ1) is 11.8. The molecule has 1 aromatic heterocycles. The minimum absolute atomic E-state index is 0.839. The van der Waals surface area contributed by atoms with Crippen LogP contribution in [0.2, 0.25) is 0 Å². The number of methoxy groups -OCH3 is 2. The van der Waals surface area contributed by atoms with Crippen LogP contribution in [0.15, 0.2) is 24.4 Å². The zero-order valence-corrected chi connectivity index (χ0v) is 10.7. The number of benzene rings is 1. The van der Waals surface area contributed by atoms with Crippen molar-refractivity contribution >= 4 is 10.9 Å². The van der Waals surface area contributed by atoms with E-state index >= 15 is 0 Å². The summed E-state index contributed by atoms with van der Waals surface area (Å²) in [6.45, 7) is 3.24. The van der Waals surface area contributed by atoms with Gasteiger partial charge in [-0.2, -0.15) is 0 Å². The first-order chi connectivity index (χ1) is 8.30. The van der Waals surface area contributed by atoms with Crippen molar-refractivity contribution in [3.8, 4) is 11.5 Å². The molecule has 0 saturated heterocycles. The Morgan fingerprint density at radius 2 is 2.00 bits per heavy atom. The average molecular weight is 233 g/mol. The van der Waals surface area contributed by atoms with E-state index in [1.165, 1.54) is 18.4 Å². The van der Waals surface area contributed by atoms with Crippen LogP contribution in [-0.2, 0) is 6.54 Å². The van der Waals surface area contributed by atoms with Gasteiger partial charge in [0.2, 0.25) is 0 Å². The first-order valence-corrected chi connectivity index (χ1v) is 6.01. The van der Waals surface area contributed by atoms with E-state index in [0.29, 0.717) is 0 Å². The second kappa shape index (κ2) is 5.13. The maximum Gasteiger partial charge on any atom is 0.131 e. The Balaban J connectivity index is 2.50. The molecule has 92 valence electrons. The van der Waals surface area contributed by atoms with Gasteiger partial charge in [-0.05, 0) is 12.5 Å². The lowest BCUT2D eigenvalue weighted by Gasteiger charge is -2.09. The summed E-state index contributed by atoms with van der Waals surface area (Å²) in [5.74, 6) is 1.71. The van der Waals surface area contributed by atoms with Crippen LogP contribution in [0.4, 0.5) is 0 Å². The topological polar surface area (TPSA) is 23.4 Å². The molecule has 0 fully saturated rings. The van der Waals surface area contributed by atoms with Gasteiger partial charge in [0, 0.05) is 30.3 Å². The lowest BCUT2D eigenvalue weighted by molar-refractivity contribution is 0.397. The van der Waals surface area contributed by atoms with Gasteiger partial charge in [0.25, 0.3) is 0 Å². The Hall–Kier alpha value is -1.64. The molecule has 1 heterocycles. The highest BCUT2D eigenvalue weighted by Crippen LogP contribution is 2.31. The molecule has 0 atom stereocenters. The third kappa shape index (κ3) is 2.23. The molecular weight excluding hydrogens is 214 g/mol. The highest BCUT2D eigenvalue weighted by molar-refractivity contribution is 5.88. The largest absolute Gasteiger partial charge is 0.497 e. The summed E-state index contributed by atoms with van der Waals surface area (Å²) in [6, 6.07) is 6.09. The van der Waals surface area contributed by atoms with Crippen LogP contribution in [0.3, 0.4) is 0 Å². The van der Waals surface area contributed by atoms with Crippen molar-refractivity contribution in [1.29, 1.82) is 0 Å². The molecule has 2 aromatic rings. The number of ether oxygens (including phenoxy) is 2. The van der Waals surface area contributed by atoms with Crippen LogP contribution in [0.25, 0.3) is 10.9 Å². The van der Waals surface area contributed by atoms with Gasteiger partial charge in [0.05, 0.1) is 19.7 Å². The molecule has 0 aliphatic heterocycles. The number of fused-ring (bicyclic) bond motifs is 1. The zero-order chi connectivity index (χ0) is 12.3. The fraction of sp³-hybridized carbons (Fsp3) is 0.429. The third-order valence-corrected chi connectivity index (χ3v) is 3.03. The quantitative estimate of drug-likeness (QED) is 0.789. The van der Waals surface area contributed by atoms with Gasteiger partial charge < -0.3 is 14.0 Å². The number of aryl methyl sites for hydroxylation is 1. The summed E-state index contributed by atoms with van der Waals surface area (Å²) in [6.07, 6.45) is 4.49. The Bertz CT molecular complexity index is 502. The molecule has 0 saturated carbocycles. The molecular formula is C14H19NO2. The lowest BCUT2D eigenvalue weighted by atomic mass is 10.2. The van der Waals surface area contributed by atoms with Gasteiger partial charge in [-0.25, -0.2) is 0 Å². The van der Waals surface area contributed by atoms with E-state index < -0.39 is 0 Å². The maximum atomic E-state index is 5.39. The molecule has 2 rings (SSSR count). The molecule has 0 aliphatic carbocycles. The van der Waals surface area contributed by atoms with E-state index in [9.17, 15) is 0 Å². The van der Waals surface area contributed by atoms with Crippen molar-refractivity contribution in [2.45, 2.75) is 26.3 Å². The molecule has 0 unspecified atom stereocenters. The molecule has 0 aliphatic rings. The zero-order valence-electron chi connectivity index (χ0n) is 10.7. The second-order valence-corrected chi connectivity index (χ2v) is 4.13. The van der Waals surface area contributed by atoms with Crippen LogP contribution in [0.5, 0.6) is 11.5 Å². The number of aromatic nitrogens is 1. The Kier molecular flexibility index (Phi) is 3.57. The van der Waals surface area contributed by atoms with E-state index in [-0.39, 0.29) is 0 Å². The summed E-state index contributed by atoms with van der Waals surface area (Å²) in [7, 11) is 3.37. The van der Waals surface area contributed by atoms with Gasteiger partial charge in [0.1, 0.15) is 11.5 Å². The van der Waals surface area contributed by atoms with E-state index in [4.69, 9.17) is 9.47 Å². The van der Waals surface area contributed by atoms with Crippen LogP contribution in [0.1, 0.15) is 19.8 Å². The smallest absolute Gasteiger partial charge is 0.131 e. The molecule has 1 aromatic carbocycles. The Morgan fingerprint density at radius 1 is 1.18 bits per heavy atom. The summed E-state index contributed by atoms with van der Waals surface area (Å²) in [4.78, 5) is 0. The van der Waals surface area contributed by atoms with Gasteiger partial charge in [-0.3, -0.25) is 0 Å². The molecule has 0 amide bonds. The number of rotatable bonds is 5. The van der Waals surface area contributed by atoms with E-state index in [0.717, 1.165) is 23.4 Å². The van der Waals surface area contributed by atoms with Crippen molar-refractivity contribution < 1.29 is 9.47 Å². The molecule has 3 heteroatoms. The minimum atomic E-state index is 0.839. The maximum absolute atomic E-state index is 5.39. The highest BCUT2D eigenvalue weighted by Gasteiger charge is 2.08. The van der Waals surface area contributed by atoms with Gasteiger partial charge in [-0.15, -0.1) is 0 Å². The highest BCUT2D eigenvalue weighted by atomic mass is 16.5. The average Bonchev–Trinajstić information content (AvgIpc) is 2.78. The SMILES string of the molecule is CCCCn1ccc2c(OC)cc(OC)cc21. The van der Waals surface area contributed by atoms with Gasteiger partial charge in [-0.1, -0.05) is 13.3 Å². The minimum Gasteiger partial charge on any atom is -0.497 e. The molecule has 0 spiro atoms. The fourth-order valence-electron chi connectivity index (χ4n) is 2.05. The number of hydrogen-bond donors (Lipinski definition) is 0. The Labute approximate surface area is 102 Å². The standard InChI is InChI=1S/C14H19NO2/c1-4-5-7-15-8-6-12-13(15)9-11(16-2)10-14(12)17-3/h6,8-10H,4-5,7H2,1-3H3. The molecule has 0 radical (unpaired) electrons. The third-order valence-electron chi connectivity index (χ3n) is 3.03. The van der Waals surface area contributed by atoms with Crippen LogP contribution in [0, 0.1) is 0 Å². The summed E-state index contributed by atoms with van der Waals surface area (Å²) in [5.41, 5.74) is 1.18. The van der Waals surface area contributed by atoms with Gasteiger partial charge >= 0.3 is 0 Å². The molecule has 0 N–H and O–H groups in total. The molecule has 17 heavy (non-hydrogen) atoms. The lowest BCUT2D eigenvalue weighted by Crippen LogP contribution is -1.96. The fourth-order valence-corrected chi connectivity index (χ4v) is 2.05. The van der Waals surface area contributed by atoms with Crippen molar-refractivity contribution in [2.24, 2.45) is 0 Å².